The van der Waals surface area contributed by atoms with Crippen molar-refractivity contribution in [3.8, 4) is 6.07 Å². The third-order valence-corrected chi connectivity index (χ3v) is 10.7. The Morgan fingerprint density at radius 1 is 0.833 bits per heavy atom. The minimum absolute atomic E-state index is 0.193. The molecule has 0 aliphatic carbocycles. The zero-order valence-corrected chi connectivity index (χ0v) is 29.2. The van der Waals surface area contributed by atoms with Crippen molar-refractivity contribution in [1.82, 2.24) is 20.3 Å². The van der Waals surface area contributed by atoms with Crippen LogP contribution in [0, 0.1) is 11.3 Å². The lowest BCUT2D eigenvalue weighted by Gasteiger charge is -2.38. The molecule has 0 bridgehead atoms. The van der Waals surface area contributed by atoms with Crippen LogP contribution >= 0.6 is 0 Å². The number of nitrogens with one attached hydrogen (secondary N) is 1. The van der Waals surface area contributed by atoms with Gasteiger partial charge in [-0.15, -0.1) is 0 Å². The molecule has 258 valence electrons. The molecule has 0 amide bonds. The first-order valence-corrected chi connectivity index (χ1v) is 19.3. The van der Waals surface area contributed by atoms with E-state index in [4.69, 9.17) is 9.47 Å². The van der Waals surface area contributed by atoms with Crippen molar-refractivity contribution >= 4 is 41.5 Å². The molecule has 3 atom stereocenters. The monoisotopic (exact) mass is 697 g/mol. The first-order chi connectivity index (χ1) is 22.7. The predicted molar refractivity (Wildman–Crippen MR) is 184 cm³/mol. The maximum atomic E-state index is 13.6. The van der Waals surface area contributed by atoms with Crippen molar-refractivity contribution in [1.29, 1.82) is 5.26 Å². The number of nitriles is 1. The summed E-state index contributed by atoms with van der Waals surface area (Å²) in [6.45, 7) is 6.54. The molecule has 0 aliphatic heterocycles. The van der Waals surface area contributed by atoms with Gasteiger partial charge in [-0.2, -0.15) is 10.3 Å². The number of sulfone groups is 2. The number of ether oxygens (including phenoxy) is 2. The fourth-order valence-corrected chi connectivity index (χ4v) is 8.57. The molecule has 14 heteroatoms. The quantitative estimate of drug-likeness (QED) is 0.0870. The largest absolute Gasteiger partial charge is 0.377 e. The van der Waals surface area contributed by atoms with Crippen LogP contribution in [0.25, 0.3) is 21.8 Å². The number of fused-ring (bicyclic) bond motifs is 2. The minimum atomic E-state index is -3.88. The average Bonchev–Trinajstić information content (AvgIpc) is 3.03. The Bertz CT molecular complexity index is 1930. The van der Waals surface area contributed by atoms with Crippen LogP contribution in [0.15, 0.2) is 73.1 Å². The number of pyridine rings is 2. The normalized spacial score (nSPS) is 14.5. The summed E-state index contributed by atoms with van der Waals surface area (Å²) in [5.41, 5.74) is 2.43. The van der Waals surface area contributed by atoms with Crippen molar-refractivity contribution < 1.29 is 31.5 Å². The van der Waals surface area contributed by atoms with E-state index in [2.05, 4.69) is 15.3 Å². The second-order valence-electron chi connectivity index (χ2n) is 12.3. The van der Waals surface area contributed by atoms with E-state index >= 15 is 0 Å². The molecule has 0 spiro atoms. The van der Waals surface area contributed by atoms with Gasteiger partial charge >= 0.3 is 0 Å². The minimum Gasteiger partial charge on any atom is -0.377 e. The van der Waals surface area contributed by atoms with Gasteiger partial charge in [-0.25, -0.2) is 16.8 Å². The van der Waals surface area contributed by atoms with E-state index in [1.807, 2.05) is 54.6 Å². The summed E-state index contributed by atoms with van der Waals surface area (Å²) in [6, 6.07) is 17.9. The van der Waals surface area contributed by atoms with Gasteiger partial charge in [-0.05, 0) is 63.1 Å². The molecule has 0 radical (unpaired) electrons. The summed E-state index contributed by atoms with van der Waals surface area (Å²) >= 11 is 0. The Morgan fingerprint density at radius 3 is 1.85 bits per heavy atom. The maximum absolute atomic E-state index is 13.6. The van der Waals surface area contributed by atoms with Crippen LogP contribution in [0.1, 0.15) is 38.8 Å². The van der Waals surface area contributed by atoms with Crippen LogP contribution in [0.5, 0.6) is 0 Å². The van der Waals surface area contributed by atoms with Crippen molar-refractivity contribution in [3.63, 3.8) is 0 Å². The highest BCUT2D eigenvalue weighted by Crippen LogP contribution is 2.21. The molecule has 0 saturated carbocycles. The maximum Gasteiger partial charge on any atom is 0.156 e. The van der Waals surface area contributed by atoms with Crippen LogP contribution in [-0.4, -0.2) is 92.3 Å². The van der Waals surface area contributed by atoms with Gasteiger partial charge < -0.3 is 14.7 Å². The van der Waals surface area contributed by atoms with E-state index in [1.54, 1.807) is 39.8 Å². The molecule has 0 aliphatic rings. The third-order valence-electron chi connectivity index (χ3n) is 7.40. The molecule has 1 unspecified atom stereocenters. The van der Waals surface area contributed by atoms with Crippen LogP contribution in [0.4, 0.5) is 0 Å². The number of para-hydroxylation sites is 2. The molecule has 0 fully saturated rings. The van der Waals surface area contributed by atoms with Gasteiger partial charge in [0.1, 0.15) is 6.23 Å². The number of hydroxylamine groups is 2. The lowest BCUT2D eigenvalue weighted by Crippen LogP contribution is -2.59. The van der Waals surface area contributed by atoms with Crippen molar-refractivity contribution in [2.24, 2.45) is 0 Å². The summed E-state index contributed by atoms with van der Waals surface area (Å²) in [7, 11) is -7.75. The highest BCUT2D eigenvalue weighted by atomic mass is 32.2. The van der Waals surface area contributed by atoms with E-state index in [1.165, 1.54) is 12.4 Å². The van der Waals surface area contributed by atoms with Gasteiger partial charge in [0.2, 0.25) is 0 Å². The number of rotatable bonds is 18. The van der Waals surface area contributed by atoms with E-state index in [9.17, 15) is 27.3 Å². The second kappa shape index (κ2) is 16.7. The molecular formula is C34H43N5O7S2. The molecule has 2 aromatic carbocycles. The second-order valence-corrected chi connectivity index (χ2v) is 16.5. The van der Waals surface area contributed by atoms with Crippen molar-refractivity contribution in [2.75, 3.05) is 24.7 Å². The SMILES string of the molecule is CC(C)OCC(CS(=O)(=O)Cc1cnc2ccccc2c1)N(O)[C@@H](OC(C)C)[C@@H](CS(=O)(=O)Cc1cnc2ccccc2c1)NCC#N. The molecule has 2 N–H and O–H groups in total. The summed E-state index contributed by atoms with van der Waals surface area (Å²) in [5.74, 6) is -1.73. The first kappa shape index (κ1) is 37.3. The first-order valence-electron chi connectivity index (χ1n) is 15.7. The summed E-state index contributed by atoms with van der Waals surface area (Å²) < 4.78 is 66.2. The lowest BCUT2D eigenvalue weighted by atomic mass is 10.2. The topological polar surface area (TPSA) is 172 Å². The molecule has 4 aromatic rings. The van der Waals surface area contributed by atoms with E-state index < -0.39 is 55.6 Å². The van der Waals surface area contributed by atoms with Gasteiger partial charge in [0.15, 0.2) is 19.7 Å². The highest BCUT2D eigenvalue weighted by Gasteiger charge is 2.38. The standard InChI is InChI=1S/C34H43N5O7S2/c1-24(2)45-19-30(22-47(41,42)20-26-15-28-9-5-7-11-31(28)37-17-26)39(40)34(46-25(3)4)33(36-14-13-35)23-48(43,44)21-27-16-29-10-6-8-12-32(29)38-18-27/h5-12,15-18,24-25,30,33-34,36,40H,14,19-23H2,1-4H3/t30?,33-,34+/m1/s1. The summed E-state index contributed by atoms with van der Waals surface area (Å²) in [5, 5.41) is 26.3. The Kier molecular flexibility index (Phi) is 13.0. The molecule has 0 saturated heterocycles. The van der Waals surface area contributed by atoms with Crippen LogP contribution in [0.3, 0.4) is 0 Å². The molecule has 2 aromatic heterocycles. The van der Waals surface area contributed by atoms with E-state index in [0.29, 0.717) is 11.1 Å². The smallest absolute Gasteiger partial charge is 0.156 e. The fourth-order valence-electron chi connectivity index (χ4n) is 5.33. The Hall–Kier alpha value is -3.55. The summed E-state index contributed by atoms with van der Waals surface area (Å²) in [4.78, 5) is 8.73. The van der Waals surface area contributed by atoms with Crippen LogP contribution in [0.2, 0.25) is 0 Å². The molecule has 12 nitrogen and oxygen atoms in total. The zero-order valence-electron chi connectivity index (χ0n) is 27.6. The van der Waals surface area contributed by atoms with Crippen LogP contribution in [-0.2, 0) is 40.7 Å². The van der Waals surface area contributed by atoms with E-state index in [-0.39, 0.29) is 30.8 Å². The average molecular weight is 698 g/mol. The highest BCUT2D eigenvalue weighted by molar-refractivity contribution is 7.90. The number of nitrogens with zero attached hydrogens (tertiary/aromatic N) is 4. The Balaban J connectivity index is 1.60. The van der Waals surface area contributed by atoms with Gasteiger partial charge in [-0.1, -0.05) is 36.4 Å². The third kappa shape index (κ3) is 11.0. The fraction of sp³-hybridized carbons (Fsp3) is 0.441. The van der Waals surface area contributed by atoms with Gasteiger partial charge in [0.05, 0.1) is 77.6 Å². The number of aromatic nitrogens is 2. The Morgan fingerprint density at radius 2 is 1.35 bits per heavy atom. The van der Waals surface area contributed by atoms with Crippen molar-refractivity contribution in [2.45, 2.75) is 69.7 Å². The van der Waals surface area contributed by atoms with Gasteiger partial charge in [0.25, 0.3) is 0 Å². The zero-order chi connectivity index (χ0) is 34.9. The molecule has 4 rings (SSSR count). The van der Waals surface area contributed by atoms with Gasteiger partial charge in [-0.3, -0.25) is 15.3 Å². The molecular weight excluding hydrogens is 655 g/mol. The number of hydrogen-bond donors (Lipinski definition) is 2. The summed E-state index contributed by atoms with van der Waals surface area (Å²) in [6.07, 6.45) is 0.865. The van der Waals surface area contributed by atoms with Crippen molar-refractivity contribution in [3.05, 3.63) is 84.2 Å². The van der Waals surface area contributed by atoms with Crippen LogP contribution < -0.4 is 5.32 Å². The predicted octanol–water partition coefficient (Wildman–Crippen LogP) is 4.03. The molecule has 2 heterocycles. The molecule has 48 heavy (non-hydrogen) atoms. The number of benzene rings is 2. The number of hydrogen-bond acceptors (Lipinski definition) is 12. The Labute approximate surface area is 282 Å². The lowest BCUT2D eigenvalue weighted by molar-refractivity contribution is -0.259. The van der Waals surface area contributed by atoms with Gasteiger partial charge in [0, 0.05) is 23.2 Å². The van der Waals surface area contributed by atoms with E-state index in [0.717, 1.165) is 26.9 Å².